The molecule has 18 heavy (non-hydrogen) atoms. The fraction of sp³-hybridized carbons (Fsp3) is 0.125. The van der Waals surface area contributed by atoms with Crippen LogP contribution in [0.5, 0.6) is 11.5 Å². The Morgan fingerprint density at radius 1 is 1.33 bits per heavy atom. The molecule has 0 spiro atoms. The Morgan fingerprint density at radius 3 is 2.39 bits per heavy atom. The van der Waals surface area contributed by atoms with Gasteiger partial charge in [0.25, 0.3) is 5.69 Å². The molecule has 0 aromatic heterocycles. The summed E-state index contributed by atoms with van der Waals surface area (Å²) in [6, 6.07) is 1.88. The Labute approximate surface area is 96.5 Å². The number of alkyl halides is 3. The molecule has 10 heteroatoms. The average Bonchev–Trinajstić information content (AvgIpc) is 2.17. The van der Waals surface area contributed by atoms with Crippen molar-refractivity contribution < 1.29 is 37.5 Å². The third kappa shape index (κ3) is 3.81. The van der Waals surface area contributed by atoms with Crippen LogP contribution >= 0.6 is 0 Å². The molecule has 7 nitrogen and oxygen atoms in total. The van der Waals surface area contributed by atoms with Crippen molar-refractivity contribution in [2.75, 3.05) is 0 Å². The molecular weight excluding hydrogens is 263 g/mol. The molecule has 0 aliphatic rings. The number of non-ortho nitro benzene ring substituents is 1. The number of ether oxygens (including phenoxy) is 2. The van der Waals surface area contributed by atoms with Crippen molar-refractivity contribution in [2.45, 2.75) is 6.36 Å². The van der Waals surface area contributed by atoms with Gasteiger partial charge >= 0.3 is 12.5 Å². The van der Waals surface area contributed by atoms with E-state index in [4.69, 9.17) is 5.11 Å². The summed E-state index contributed by atoms with van der Waals surface area (Å²) in [4.78, 5) is 19.6. The maximum Gasteiger partial charge on any atom is 0.573 e. The molecule has 1 N–H and O–H groups in total. The minimum atomic E-state index is -5.13. The van der Waals surface area contributed by atoms with Gasteiger partial charge in [0.05, 0.1) is 11.0 Å². The fourth-order valence-corrected chi connectivity index (χ4v) is 0.993. The van der Waals surface area contributed by atoms with Crippen molar-refractivity contribution in [1.29, 1.82) is 0 Å². The lowest BCUT2D eigenvalue weighted by Crippen LogP contribution is -2.18. The van der Waals surface area contributed by atoms with Crippen molar-refractivity contribution in [2.24, 2.45) is 0 Å². The zero-order valence-corrected chi connectivity index (χ0v) is 8.30. The normalized spacial score (nSPS) is 10.8. The van der Waals surface area contributed by atoms with Gasteiger partial charge < -0.3 is 14.6 Å². The first-order chi connectivity index (χ1) is 8.19. The van der Waals surface area contributed by atoms with Crippen LogP contribution in [-0.2, 0) is 0 Å². The van der Waals surface area contributed by atoms with Crippen LogP contribution in [-0.4, -0.2) is 22.5 Å². The minimum Gasteiger partial charge on any atom is -0.449 e. The molecule has 0 saturated heterocycles. The molecule has 1 aromatic carbocycles. The summed E-state index contributed by atoms with van der Waals surface area (Å²) in [5.74, 6) is -1.91. The lowest BCUT2D eigenvalue weighted by atomic mass is 10.3. The first-order valence-electron chi connectivity index (χ1n) is 4.14. The predicted molar refractivity (Wildman–Crippen MR) is 48.4 cm³/mol. The largest absolute Gasteiger partial charge is 0.573 e. The van der Waals surface area contributed by atoms with Crippen molar-refractivity contribution in [3.05, 3.63) is 28.3 Å². The molecule has 1 rings (SSSR count). The molecule has 0 heterocycles. The van der Waals surface area contributed by atoms with Crippen LogP contribution < -0.4 is 9.47 Å². The first kappa shape index (κ1) is 13.5. The standard InChI is InChI=1S/C8H4F3NO6/c9-8(10,11)18-6-3-4(12(15)16)1-2-5(6)17-7(13)14/h1-3H,(H,13,14). The first-order valence-corrected chi connectivity index (χ1v) is 4.14. The quantitative estimate of drug-likeness (QED) is 0.391. The Kier molecular flexibility index (Phi) is 3.59. The second-order valence-corrected chi connectivity index (χ2v) is 2.80. The number of rotatable bonds is 3. The second kappa shape index (κ2) is 4.77. The van der Waals surface area contributed by atoms with Gasteiger partial charge in [0.1, 0.15) is 0 Å². The van der Waals surface area contributed by atoms with Crippen LogP contribution in [0, 0.1) is 10.1 Å². The molecule has 0 aliphatic carbocycles. The van der Waals surface area contributed by atoms with Crippen LogP contribution in [0.2, 0.25) is 0 Å². The van der Waals surface area contributed by atoms with Crippen molar-refractivity contribution in [3.63, 3.8) is 0 Å². The number of hydrogen-bond acceptors (Lipinski definition) is 5. The number of carboxylic acid groups (broad SMARTS) is 1. The van der Waals surface area contributed by atoms with Gasteiger partial charge in [-0.1, -0.05) is 0 Å². The molecule has 0 bridgehead atoms. The summed E-state index contributed by atoms with van der Waals surface area (Å²) >= 11 is 0. The third-order valence-corrected chi connectivity index (χ3v) is 1.56. The minimum absolute atomic E-state index is 0.408. The summed E-state index contributed by atoms with van der Waals surface area (Å²) < 4.78 is 43.4. The molecule has 0 amide bonds. The summed E-state index contributed by atoms with van der Waals surface area (Å²) in [6.45, 7) is 0. The summed E-state index contributed by atoms with van der Waals surface area (Å²) in [6.07, 6.45) is -7.01. The molecule has 0 radical (unpaired) electrons. The van der Waals surface area contributed by atoms with Gasteiger partial charge in [-0.25, -0.2) is 4.79 Å². The van der Waals surface area contributed by atoms with Gasteiger partial charge in [0, 0.05) is 6.07 Å². The van der Waals surface area contributed by atoms with E-state index < -0.39 is 34.6 Å². The number of benzene rings is 1. The van der Waals surface area contributed by atoms with Crippen molar-refractivity contribution in [3.8, 4) is 11.5 Å². The van der Waals surface area contributed by atoms with Gasteiger partial charge in [-0.15, -0.1) is 13.2 Å². The Morgan fingerprint density at radius 2 is 1.94 bits per heavy atom. The highest BCUT2D eigenvalue weighted by Crippen LogP contribution is 2.35. The molecule has 0 fully saturated rings. The van der Waals surface area contributed by atoms with Crippen LogP contribution in [0.25, 0.3) is 0 Å². The average molecular weight is 267 g/mol. The van der Waals surface area contributed by atoms with Gasteiger partial charge in [0.2, 0.25) is 0 Å². The van der Waals surface area contributed by atoms with Crippen LogP contribution in [0.4, 0.5) is 23.7 Å². The molecule has 1 aromatic rings. The fourth-order valence-electron chi connectivity index (χ4n) is 0.993. The molecule has 0 unspecified atom stereocenters. The number of hydrogen-bond donors (Lipinski definition) is 1. The van der Waals surface area contributed by atoms with Gasteiger partial charge in [-0.2, -0.15) is 0 Å². The van der Waals surface area contributed by atoms with E-state index in [1.165, 1.54) is 0 Å². The number of halogens is 3. The van der Waals surface area contributed by atoms with E-state index in [9.17, 15) is 28.1 Å². The van der Waals surface area contributed by atoms with Crippen LogP contribution in [0.15, 0.2) is 18.2 Å². The topological polar surface area (TPSA) is 98.9 Å². The Balaban J connectivity index is 3.17. The van der Waals surface area contributed by atoms with Gasteiger partial charge in [-0.05, 0) is 6.07 Å². The summed E-state index contributed by atoms with van der Waals surface area (Å²) in [7, 11) is 0. The number of nitro groups is 1. The Hall–Kier alpha value is -2.52. The van der Waals surface area contributed by atoms with Crippen molar-refractivity contribution in [1.82, 2.24) is 0 Å². The van der Waals surface area contributed by atoms with E-state index in [0.717, 1.165) is 6.07 Å². The van der Waals surface area contributed by atoms with E-state index in [-0.39, 0.29) is 0 Å². The molecule has 0 aliphatic heterocycles. The highest BCUT2D eigenvalue weighted by atomic mass is 19.4. The van der Waals surface area contributed by atoms with E-state index in [1.807, 2.05) is 0 Å². The van der Waals surface area contributed by atoms with E-state index in [1.54, 1.807) is 0 Å². The lowest BCUT2D eigenvalue weighted by molar-refractivity contribution is -0.385. The van der Waals surface area contributed by atoms with Gasteiger partial charge in [0.15, 0.2) is 11.5 Å². The van der Waals surface area contributed by atoms with Crippen LogP contribution in [0.3, 0.4) is 0 Å². The van der Waals surface area contributed by atoms with Gasteiger partial charge in [-0.3, -0.25) is 10.1 Å². The smallest absolute Gasteiger partial charge is 0.449 e. The lowest BCUT2D eigenvalue weighted by Gasteiger charge is -2.11. The number of nitrogens with zero attached hydrogens (tertiary/aromatic N) is 1. The second-order valence-electron chi connectivity index (χ2n) is 2.80. The monoisotopic (exact) mass is 267 g/mol. The van der Waals surface area contributed by atoms with Crippen LogP contribution in [0.1, 0.15) is 0 Å². The maximum atomic E-state index is 12.0. The number of nitro benzene ring substituents is 1. The Bertz CT molecular complexity index is 486. The summed E-state index contributed by atoms with van der Waals surface area (Å²) in [5, 5.41) is 18.6. The molecule has 98 valence electrons. The number of carbonyl (C=O) groups is 1. The maximum absolute atomic E-state index is 12.0. The summed E-state index contributed by atoms with van der Waals surface area (Å²) in [5.41, 5.74) is -0.702. The van der Waals surface area contributed by atoms with E-state index in [0.29, 0.717) is 12.1 Å². The van der Waals surface area contributed by atoms with E-state index in [2.05, 4.69) is 9.47 Å². The van der Waals surface area contributed by atoms with Crippen molar-refractivity contribution >= 4 is 11.8 Å². The zero-order valence-electron chi connectivity index (χ0n) is 8.30. The zero-order chi connectivity index (χ0) is 13.9. The SMILES string of the molecule is O=C(O)Oc1ccc([N+](=O)[O-])cc1OC(F)(F)F. The predicted octanol–water partition coefficient (Wildman–Crippen LogP) is 2.55. The van der Waals surface area contributed by atoms with E-state index >= 15 is 0 Å². The molecule has 0 atom stereocenters. The highest BCUT2D eigenvalue weighted by molar-refractivity contribution is 5.64. The third-order valence-electron chi connectivity index (χ3n) is 1.56. The molecular formula is C8H4F3NO6. The highest BCUT2D eigenvalue weighted by Gasteiger charge is 2.33. The molecule has 0 saturated carbocycles.